The SMILES string of the molecule is C=CCn1cc(C(=O)NC[C@H]2CCCN2CC)c(=O)c2cc(S(=O)(=O)N3CCCCCC3)ccc21. The molecule has 0 aliphatic carbocycles. The zero-order chi connectivity index (χ0) is 25.0. The summed E-state index contributed by atoms with van der Waals surface area (Å²) in [5.41, 5.74) is 0.142. The van der Waals surface area contributed by atoms with E-state index in [1.807, 2.05) is 0 Å². The van der Waals surface area contributed by atoms with E-state index in [0.29, 0.717) is 31.7 Å². The zero-order valence-electron chi connectivity index (χ0n) is 20.5. The van der Waals surface area contributed by atoms with Gasteiger partial charge in [-0.2, -0.15) is 4.31 Å². The van der Waals surface area contributed by atoms with E-state index in [2.05, 4.69) is 23.7 Å². The summed E-state index contributed by atoms with van der Waals surface area (Å²) in [6, 6.07) is 4.92. The number of nitrogens with one attached hydrogen (secondary N) is 1. The van der Waals surface area contributed by atoms with E-state index in [1.165, 1.54) is 10.4 Å². The average molecular weight is 501 g/mol. The van der Waals surface area contributed by atoms with Gasteiger partial charge in [-0.05, 0) is 57.0 Å². The van der Waals surface area contributed by atoms with Gasteiger partial charge < -0.3 is 9.88 Å². The van der Waals surface area contributed by atoms with Crippen molar-refractivity contribution in [2.24, 2.45) is 0 Å². The number of nitrogens with zero attached hydrogens (tertiary/aromatic N) is 3. The number of pyridine rings is 1. The molecule has 2 aliphatic heterocycles. The molecule has 3 heterocycles. The maximum absolute atomic E-state index is 13.4. The molecular formula is C26H36N4O4S. The van der Waals surface area contributed by atoms with Crippen LogP contribution in [0.1, 0.15) is 55.8 Å². The van der Waals surface area contributed by atoms with Crippen LogP contribution in [-0.2, 0) is 16.6 Å². The fraction of sp³-hybridized carbons (Fsp3) is 0.538. The zero-order valence-corrected chi connectivity index (χ0v) is 21.4. The Bertz CT molecular complexity index is 1250. The number of fused-ring (bicyclic) bond motifs is 1. The van der Waals surface area contributed by atoms with Gasteiger partial charge in [-0.15, -0.1) is 6.58 Å². The molecule has 2 saturated heterocycles. The Morgan fingerprint density at radius 1 is 1.14 bits per heavy atom. The highest BCUT2D eigenvalue weighted by atomic mass is 32.2. The van der Waals surface area contributed by atoms with Crippen LogP contribution in [0.5, 0.6) is 0 Å². The Labute approximate surface area is 207 Å². The summed E-state index contributed by atoms with van der Waals surface area (Å²) >= 11 is 0. The summed E-state index contributed by atoms with van der Waals surface area (Å²) in [6.07, 6.45) is 9.06. The Morgan fingerprint density at radius 3 is 2.57 bits per heavy atom. The Balaban J connectivity index is 1.69. The highest BCUT2D eigenvalue weighted by molar-refractivity contribution is 7.89. The lowest BCUT2D eigenvalue weighted by atomic mass is 10.1. The number of carbonyl (C=O) groups excluding carboxylic acids is 1. The highest BCUT2D eigenvalue weighted by Gasteiger charge is 2.27. The Kier molecular flexibility index (Phi) is 8.09. The summed E-state index contributed by atoms with van der Waals surface area (Å²) in [5, 5.41) is 3.17. The summed E-state index contributed by atoms with van der Waals surface area (Å²) in [7, 11) is -3.72. The highest BCUT2D eigenvalue weighted by Crippen LogP contribution is 2.24. The largest absolute Gasteiger partial charge is 0.350 e. The molecule has 2 fully saturated rings. The van der Waals surface area contributed by atoms with Crippen LogP contribution < -0.4 is 10.7 Å². The van der Waals surface area contributed by atoms with Crippen molar-refractivity contribution in [3.63, 3.8) is 0 Å². The predicted octanol–water partition coefficient (Wildman–Crippen LogP) is 2.97. The molecule has 1 aromatic carbocycles. The van der Waals surface area contributed by atoms with E-state index in [-0.39, 0.29) is 21.9 Å². The van der Waals surface area contributed by atoms with Crippen molar-refractivity contribution in [1.29, 1.82) is 0 Å². The maximum atomic E-state index is 13.4. The van der Waals surface area contributed by atoms with E-state index in [0.717, 1.165) is 51.6 Å². The van der Waals surface area contributed by atoms with Crippen LogP contribution in [0.25, 0.3) is 10.9 Å². The Morgan fingerprint density at radius 2 is 1.89 bits per heavy atom. The predicted molar refractivity (Wildman–Crippen MR) is 138 cm³/mol. The molecule has 35 heavy (non-hydrogen) atoms. The fourth-order valence-corrected chi connectivity index (χ4v) is 6.81. The molecule has 2 aromatic rings. The molecule has 0 spiro atoms. The molecule has 8 nitrogen and oxygen atoms in total. The molecule has 1 amide bonds. The van der Waals surface area contributed by atoms with Crippen molar-refractivity contribution in [1.82, 2.24) is 19.1 Å². The standard InChI is InChI=1S/C26H36N4O4S/c1-3-13-29-19-23(26(32)27-18-20-10-9-14-28(20)4-2)25(31)22-17-21(11-12-24(22)29)35(33,34)30-15-7-5-6-8-16-30/h3,11-12,17,19-20H,1,4-10,13-16,18H2,2H3,(H,27,32)/t20-/m1/s1. The Hall–Kier alpha value is -2.49. The first-order valence-electron chi connectivity index (χ1n) is 12.7. The monoisotopic (exact) mass is 500 g/mol. The van der Waals surface area contributed by atoms with Gasteiger partial charge in [-0.1, -0.05) is 25.8 Å². The van der Waals surface area contributed by atoms with Gasteiger partial charge in [0.2, 0.25) is 15.5 Å². The number of hydrogen-bond acceptors (Lipinski definition) is 5. The second-order valence-corrected chi connectivity index (χ2v) is 11.4. The van der Waals surface area contributed by atoms with E-state index in [4.69, 9.17) is 0 Å². The number of carbonyl (C=O) groups is 1. The lowest BCUT2D eigenvalue weighted by Gasteiger charge is -2.23. The van der Waals surface area contributed by atoms with Gasteiger partial charge in [0, 0.05) is 43.8 Å². The third-order valence-corrected chi connectivity index (χ3v) is 9.12. The average Bonchev–Trinajstić information content (AvgIpc) is 3.13. The van der Waals surface area contributed by atoms with Crippen LogP contribution in [0.4, 0.5) is 0 Å². The van der Waals surface area contributed by atoms with E-state index >= 15 is 0 Å². The number of hydrogen-bond donors (Lipinski definition) is 1. The molecule has 0 bridgehead atoms. The van der Waals surface area contributed by atoms with Crippen molar-refractivity contribution in [3.8, 4) is 0 Å². The third kappa shape index (κ3) is 5.37. The van der Waals surface area contributed by atoms with Gasteiger partial charge in [0.05, 0.1) is 10.4 Å². The number of amides is 1. The summed E-state index contributed by atoms with van der Waals surface area (Å²) in [5.74, 6) is -0.432. The molecule has 2 aliphatic rings. The number of benzene rings is 1. The minimum Gasteiger partial charge on any atom is -0.350 e. The molecular weight excluding hydrogens is 464 g/mol. The van der Waals surface area contributed by atoms with Gasteiger partial charge in [0.15, 0.2) is 0 Å². The van der Waals surface area contributed by atoms with Gasteiger partial charge in [-0.25, -0.2) is 8.42 Å². The van der Waals surface area contributed by atoms with Crippen molar-refractivity contribution in [3.05, 3.63) is 52.8 Å². The maximum Gasteiger partial charge on any atom is 0.256 e. The topological polar surface area (TPSA) is 91.7 Å². The first-order chi connectivity index (χ1) is 16.9. The van der Waals surface area contributed by atoms with Gasteiger partial charge >= 0.3 is 0 Å². The van der Waals surface area contributed by atoms with Crippen LogP contribution in [0, 0.1) is 0 Å². The minimum atomic E-state index is -3.72. The number of likely N-dealkylation sites (N-methyl/N-ethyl adjacent to an activating group) is 1. The molecule has 0 saturated carbocycles. The van der Waals surface area contributed by atoms with Crippen LogP contribution in [0.3, 0.4) is 0 Å². The molecule has 1 N–H and O–H groups in total. The molecule has 9 heteroatoms. The summed E-state index contributed by atoms with van der Waals surface area (Å²) in [6.45, 7) is 9.68. The number of aromatic nitrogens is 1. The number of sulfonamides is 1. The van der Waals surface area contributed by atoms with Crippen LogP contribution >= 0.6 is 0 Å². The van der Waals surface area contributed by atoms with E-state index in [1.54, 1.807) is 29.0 Å². The molecule has 0 unspecified atom stereocenters. The van der Waals surface area contributed by atoms with Crippen molar-refractivity contribution >= 4 is 26.8 Å². The molecule has 0 radical (unpaired) electrons. The second kappa shape index (κ2) is 11.1. The molecule has 4 rings (SSSR count). The lowest BCUT2D eigenvalue weighted by molar-refractivity contribution is 0.0939. The third-order valence-electron chi connectivity index (χ3n) is 7.23. The quantitative estimate of drug-likeness (QED) is 0.563. The minimum absolute atomic E-state index is 0.0183. The first-order valence-corrected chi connectivity index (χ1v) is 14.1. The van der Waals surface area contributed by atoms with Gasteiger partial charge in [-0.3, -0.25) is 14.5 Å². The second-order valence-electron chi connectivity index (χ2n) is 9.44. The van der Waals surface area contributed by atoms with Crippen molar-refractivity contribution in [2.75, 3.05) is 32.7 Å². The van der Waals surface area contributed by atoms with Crippen LogP contribution in [0.2, 0.25) is 0 Å². The van der Waals surface area contributed by atoms with Crippen LogP contribution in [0.15, 0.2) is 46.7 Å². The molecule has 190 valence electrons. The summed E-state index contributed by atoms with van der Waals surface area (Å²) < 4.78 is 30.0. The van der Waals surface area contributed by atoms with Gasteiger partial charge in [0.25, 0.3) is 5.91 Å². The number of likely N-dealkylation sites (tertiary alicyclic amines) is 1. The van der Waals surface area contributed by atoms with E-state index < -0.39 is 21.4 Å². The number of allylic oxidation sites excluding steroid dienone is 1. The normalized spacial score (nSPS) is 20.1. The van der Waals surface area contributed by atoms with Crippen molar-refractivity contribution < 1.29 is 13.2 Å². The smallest absolute Gasteiger partial charge is 0.256 e. The van der Waals surface area contributed by atoms with Crippen molar-refractivity contribution in [2.45, 2.75) is 62.9 Å². The molecule has 1 atom stereocenters. The molecule has 1 aromatic heterocycles. The first kappa shape index (κ1) is 25.6. The summed E-state index contributed by atoms with van der Waals surface area (Å²) in [4.78, 5) is 28.9. The number of rotatable bonds is 8. The fourth-order valence-electron chi connectivity index (χ4n) is 5.27. The van der Waals surface area contributed by atoms with Gasteiger partial charge in [0.1, 0.15) is 5.56 Å². The lowest BCUT2D eigenvalue weighted by Crippen LogP contribution is -2.41. The van der Waals surface area contributed by atoms with Crippen LogP contribution in [-0.4, -0.2) is 66.9 Å². The van der Waals surface area contributed by atoms with E-state index in [9.17, 15) is 18.0 Å².